The van der Waals surface area contributed by atoms with E-state index in [9.17, 15) is 0 Å². The number of nitrogens with zero attached hydrogens (tertiary/aromatic N) is 2. The Morgan fingerprint density at radius 3 is 2.62 bits per heavy atom. The molecule has 3 heteroatoms. The third-order valence-corrected chi connectivity index (χ3v) is 2.79. The van der Waals surface area contributed by atoms with Crippen molar-refractivity contribution in [3.63, 3.8) is 0 Å². The molecule has 0 unspecified atom stereocenters. The Kier molecular flexibility index (Phi) is 2.27. The van der Waals surface area contributed by atoms with Crippen molar-refractivity contribution in [2.45, 2.75) is 38.3 Å². The zero-order chi connectivity index (χ0) is 9.15. The van der Waals surface area contributed by atoms with Gasteiger partial charge >= 0.3 is 0 Å². The Bertz CT molecular complexity index is 267. The summed E-state index contributed by atoms with van der Waals surface area (Å²) in [5.41, 5.74) is 1.53. The fourth-order valence-corrected chi connectivity index (χ4v) is 1.62. The summed E-state index contributed by atoms with van der Waals surface area (Å²) in [5.74, 6) is 0. The highest BCUT2D eigenvalue weighted by Crippen LogP contribution is 2.30. The summed E-state index contributed by atoms with van der Waals surface area (Å²) in [4.78, 5) is 7.96. The molecule has 0 aromatic carbocycles. The summed E-state index contributed by atoms with van der Waals surface area (Å²) in [6.07, 6.45) is 9.23. The lowest BCUT2D eigenvalue weighted by atomic mass is 9.78. The molecule has 1 fully saturated rings. The van der Waals surface area contributed by atoms with E-state index in [0.29, 0.717) is 5.54 Å². The Morgan fingerprint density at radius 2 is 2.08 bits per heavy atom. The topological polar surface area (TPSA) is 37.8 Å². The lowest BCUT2D eigenvalue weighted by Gasteiger charge is -2.39. The fourth-order valence-electron chi connectivity index (χ4n) is 1.62. The van der Waals surface area contributed by atoms with Crippen molar-refractivity contribution >= 4 is 0 Å². The van der Waals surface area contributed by atoms with Gasteiger partial charge in [-0.05, 0) is 26.2 Å². The molecule has 3 nitrogen and oxygen atoms in total. The van der Waals surface area contributed by atoms with Gasteiger partial charge in [0, 0.05) is 30.0 Å². The number of hydrogen-bond acceptors (Lipinski definition) is 3. The Morgan fingerprint density at radius 1 is 1.38 bits per heavy atom. The monoisotopic (exact) mass is 177 g/mol. The van der Waals surface area contributed by atoms with Crippen LogP contribution in [-0.2, 0) is 6.54 Å². The SMILES string of the molecule is CC1(NCc2cncnc2)CCC1. The van der Waals surface area contributed by atoms with Crippen LogP contribution in [0.3, 0.4) is 0 Å². The van der Waals surface area contributed by atoms with Crippen molar-refractivity contribution in [2.24, 2.45) is 0 Å². The van der Waals surface area contributed by atoms with E-state index in [-0.39, 0.29) is 0 Å². The highest BCUT2D eigenvalue weighted by Gasteiger charge is 2.30. The Labute approximate surface area is 78.6 Å². The maximum Gasteiger partial charge on any atom is 0.115 e. The third-order valence-electron chi connectivity index (χ3n) is 2.79. The van der Waals surface area contributed by atoms with Crippen LogP contribution in [-0.4, -0.2) is 15.5 Å². The lowest BCUT2D eigenvalue weighted by molar-refractivity contribution is 0.206. The van der Waals surface area contributed by atoms with E-state index < -0.39 is 0 Å². The minimum absolute atomic E-state index is 0.371. The molecular weight excluding hydrogens is 162 g/mol. The zero-order valence-electron chi connectivity index (χ0n) is 7.95. The minimum Gasteiger partial charge on any atom is -0.307 e. The van der Waals surface area contributed by atoms with E-state index in [4.69, 9.17) is 0 Å². The van der Waals surface area contributed by atoms with E-state index in [0.717, 1.165) is 12.1 Å². The first-order valence-electron chi connectivity index (χ1n) is 4.77. The van der Waals surface area contributed by atoms with Gasteiger partial charge in [-0.3, -0.25) is 0 Å². The largest absolute Gasteiger partial charge is 0.307 e. The van der Waals surface area contributed by atoms with Crippen molar-refractivity contribution < 1.29 is 0 Å². The summed E-state index contributed by atoms with van der Waals surface area (Å²) in [5, 5.41) is 3.53. The number of hydrogen-bond donors (Lipinski definition) is 1. The van der Waals surface area contributed by atoms with Gasteiger partial charge in [0.1, 0.15) is 6.33 Å². The van der Waals surface area contributed by atoms with Crippen molar-refractivity contribution in [1.29, 1.82) is 0 Å². The molecule has 70 valence electrons. The van der Waals surface area contributed by atoms with Crippen LogP contribution in [0.1, 0.15) is 31.7 Å². The molecule has 0 radical (unpaired) electrons. The summed E-state index contributed by atoms with van der Waals surface area (Å²) in [7, 11) is 0. The lowest BCUT2D eigenvalue weighted by Crippen LogP contribution is -2.47. The first-order chi connectivity index (χ1) is 6.29. The van der Waals surface area contributed by atoms with Gasteiger partial charge in [0.2, 0.25) is 0 Å². The van der Waals surface area contributed by atoms with Gasteiger partial charge in [-0.1, -0.05) is 0 Å². The van der Waals surface area contributed by atoms with Gasteiger partial charge in [0.05, 0.1) is 0 Å². The minimum atomic E-state index is 0.371. The summed E-state index contributed by atoms with van der Waals surface area (Å²) in [6.45, 7) is 3.16. The average molecular weight is 177 g/mol. The predicted molar refractivity (Wildman–Crippen MR) is 51.1 cm³/mol. The molecule has 0 spiro atoms. The molecule has 13 heavy (non-hydrogen) atoms. The molecule has 1 N–H and O–H groups in total. The molecule has 0 bridgehead atoms. The molecule has 1 aromatic rings. The van der Waals surface area contributed by atoms with Crippen LogP contribution < -0.4 is 5.32 Å². The molecule has 1 heterocycles. The molecule has 1 saturated carbocycles. The Hall–Kier alpha value is -0.960. The van der Waals surface area contributed by atoms with Gasteiger partial charge in [0.15, 0.2) is 0 Å². The second-order valence-electron chi connectivity index (χ2n) is 4.01. The first kappa shape index (κ1) is 8.63. The maximum atomic E-state index is 3.98. The second-order valence-corrected chi connectivity index (χ2v) is 4.01. The van der Waals surface area contributed by atoms with Gasteiger partial charge in [-0.25, -0.2) is 9.97 Å². The average Bonchev–Trinajstić information content (AvgIpc) is 2.13. The van der Waals surface area contributed by atoms with Crippen LogP contribution in [0.5, 0.6) is 0 Å². The van der Waals surface area contributed by atoms with Crippen LogP contribution in [0.4, 0.5) is 0 Å². The summed E-state index contributed by atoms with van der Waals surface area (Å²) >= 11 is 0. The van der Waals surface area contributed by atoms with Crippen molar-refractivity contribution in [1.82, 2.24) is 15.3 Å². The number of rotatable bonds is 3. The van der Waals surface area contributed by atoms with Gasteiger partial charge in [-0.2, -0.15) is 0 Å². The van der Waals surface area contributed by atoms with Gasteiger partial charge in [0.25, 0.3) is 0 Å². The number of nitrogens with one attached hydrogen (secondary N) is 1. The smallest absolute Gasteiger partial charge is 0.115 e. The van der Waals surface area contributed by atoms with Gasteiger partial charge < -0.3 is 5.32 Å². The molecule has 0 aliphatic heterocycles. The maximum absolute atomic E-state index is 3.98. The molecule has 1 aliphatic carbocycles. The second kappa shape index (κ2) is 3.42. The van der Waals surface area contributed by atoms with Gasteiger partial charge in [-0.15, -0.1) is 0 Å². The van der Waals surface area contributed by atoms with E-state index in [1.165, 1.54) is 19.3 Å². The highest BCUT2D eigenvalue weighted by atomic mass is 15.0. The molecule has 0 atom stereocenters. The predicted octanol–water partition coefficient (Wildman–Crippen LogP) is 1.51. The van der Waals surface area contributed by atoms with E-state index in [1.807, 2.05) is 12.4 Å². The third kappa shape index (κ3) is 2.04. The summed E-state index contributed by atoms with van der Waals surface area (Å²) in [6, 6.07) is 0. The molecule has 0 saturated heterocycles. The zero-order valence-corrected chi connectivity index (χ0v) is 7.95. The van der Waals surface area contributed by atoms with Crippen molar-refractivity contribution in [3.05, 3.63) is 24.3 Å². The van der Waals surface area contributed by atoms with E-state index in [2.05, 4.69) is 22.2 Å². The summed E-state index contributed by atoms with van der Waals surface area (Å²) < 4.78 is 0. The van der Waals surface area contributed by atoms with Crippen LogP contribution in [0.15, 0.2) is 18.7 Å². The first-order valence-corrected chi connectivity index (χ1v) is 4.77. The quantitative estimate of drug-likeness (QED) is 0.760. The van der Waals surface area contributed by atoms with Crippen LogP contribution >= 0.6 is 0 Å². The Balaban J connectivity index is 1.86. The van der Waals surface area contributed by atoms with Crippen LogP contribution in [0.25, 0.3) is 0 Å². The molecular formula is C10H15N3. The highest BCUT2D eigenvalue weighted by molar-refractivity contribution is 5.04. The number of aromatic nitrogens is 2. The standard InChI is InChI=1S/C10H15N3/c1-10(3-2-4-10)13-7-9-5-11-8-12-6-9/h5-6,8,13H,2-4,7H2,1H3. The van der Waals surface area contributed by atoms with Crippen molar-refractivity contribution in [3.8, 4) is 0 Å². The normalized spacial score (nSPS) is 19.5. The van der Waals surface area contributed by atoms with Crippen molar-refractivity contribution in [2.75, 3.05) is 0 Å². The van der Waals surface area contributed by atoms with E-state index in [1.54, 1.807) is 6.33 Å². The fraction of sp³-hybridized carbons (Fsp3) is 0.600. The van der Waals surface area contributed by atoms with Crippen LogP contribution in [0, 0.1) is 0 Å². The molecule has 1 aliphatic rings. The van der Waals surface area contributed by atoms with Crippen LogP contribution in [0.2, 0.25) is 0 Å². The molecule has 0 amide bonds. The molecule has 1 aromatic heterocycles. The van der Waals surface area contributed by atoms with E-state index >= 15 is 0 Å². The molecule has 2 rings (SSSR count).